The molecule has 0 aliphatic carbocycles. The zero-order valence-electron chi connectivity index (χ0n) is 12.8. The van der Waals surface area contributed by atoms with Crippen molar-refractivity contribution in [3.05, 3.63) is 60.3 Å². The van der Waals surface area contributed by atoms with Gasteiger partial charge in [-0.3, -0.25) is 4.40 Å². The van der Waals surface area contributed by atoms with Crippen molar-refractivity contribution in [3.63, 3.8) is 0 Å². The van der Waals surface area contributed by atoms with Crippen molar-refractivity contribution >= 4 is 29.2 Å². The fourth-order valence-corrected chi connectivity index (χ4v) is 2.92. The first-order chi connectivity index (χ1) is 10.8. The summed E-state index contributed by atoms with van der Waals surface area (Å²) in [4.78, 5) is 4.71. The van der Waals surface area contributed by atoms with Crippen LogP contribution in [0.5, 0.6) is 0 Å². The molecule has 2 aromatic carbocycles. The molecule has 0 unspecified atom stereocenters. The molecule has 0 fully saturated rings. The number of nitrogens with zero attached hydrogens (tertiary/aromatic N) is 3. The van der Waals surface area contributed by atoms with E-state index in [1.54, 1.807) is 0 Å². The van der Waals surface area contributed by atoms with Gasteiger partial charge in [-0.25, -0.2) is 4.98 Å². The van der Waals surface area contributed by atoms with Crippen LogP contribution >= 0.6 is 12.4 Å². The number of aliphatic hydroxyl groups is 1. The number of halogens is 1. The van der Waals surface area contributed by atoms with Crippen molar-refractivity contribution in [1.82, 2.24) is 14.0 Å². The summed E-state index contributed by atoms with van der Waals surface area (Å²) in [7, 11) is 0. The van der Waals surface area contributed by atoms with Gasteiger partial charge in [0, 0.05) is 12.7 Å². The summed E-state index contributed by atoms with van der Waals surface area (Å²) in [5, 5.41) is 9.43. The Morgan fingerprint density at radius 3 is 2.52 bits per heavy atom. The highest BCUT2D eigenvalue weighted by Gasteiger charge is 2.14. The fraction of sp³-hybridized carbons (Fsp3) is 0.167. The van der Waals surface area contributed by atoms with Crippen LogP contribution in [0.3, 0.4) is 0 Å². The van der Waals surface area contributed by atoms with E-state index in [4.69, 9.17) is 4.98 Å². The van der Waals surface area contributed by atoms with Gasteiger partial charge in [-0.1, -0.05) is 42.0 Å². The summed E-state index contributed by atoms with van der Waals surface area (Å²) in [6, 6.07) is 16.5. The normalized spacial score (nSPS) is 11.0. The number of rotatable bonds is 3. The number of hydrogen-bond donors (Lipinski definition) is 1. The second kappa shape index (κ2) is 6.07. The predicted molar refractivity (Wildman–Crippen MR) is 95.2 cm³/mol. The highest BCUT2D eigenvalue weighted by molar-refractivity contribution is 5.85. The zero-order valence-corrected chi connectivity index (χ0v) is 13.6. The van der Waals surface area contributed by atoms with Crippen LogP contribution in [0.15, 0.2) is 54.7 Å². The standard InChI is InChI=1S/C18H17N3O.ClH/c1-13-6-8-14(9-7-13)17-12-21-16-5-3-2-4-15(16)19-18(21)20(17)10-11-22;/h2-9,12,22H,10-11H2,1H3;1H. The second-order valence-corrected chi connectivity index (χ2v) is 5.53. The lowest BCUT2D eigenvalue weighted by Crippen LogP contribution is -2.04. The van der Waals surface area contributed by atoms with Crippen molar-refractivity contribution in [2.24, 2.45) is 0 Å². The van der Waals surface area contributed by atoms with E-state index in [1.165, 1.54) is 5.56 Å². The first-order valence-electron chi connectivity index (χ1n) is 7.42. The number of para-hydroxylation sites is 2. The summed E-state index contributed by atoms with van der Waals surface area (Å²) < 4.78 is 4.17. The van der Waals surface area contributed by atoms with E-state index in [0.717, 1.165) is 28.1 Å². The molecule has 0 radical (unpaired) electrons. The predicted octanol–water partition coefficient (Wildman–Crippen LogP) is 3.68. The number of aromatic nitrogens is 3. The molecule has 0 spiro atoms. The second-order valence-electron chi connectivity index (χ2n) is 5.53. The van der Waals surface area contributed by atoms with Crippen LogP contribution in [0, 0.1) is 6.92 Å². The Bertz CT molecular complexity index is 954. The van der Waals surface area contributed by atoms with Crippen molar-refractivity contribution < 1.29 is 5.11 Å². The van der Waals surface area contributed by atoms with Crippen molar-refractivity contribution in [2.75, 3.05) is 6.61 Å². The van der Waals surface area contributed by atoms with Crippen molar-refractivity contribution in [1.29, 1.82) is 0 Å². The van der Waals surface area contributed by atoms with E-state index in [9.17, 15) is 5.11 Å². The molecule has 2 heterocycles. The van der Waals surface area contributed by atoms with Crippen LogP contribution < -0.4 is 0 Å². The molecule has 0 saturated carbocycles. The van der Waals surface area contributed by atoms with Crippen LogP contribution in [0.1, 0.15) is 5.56 Å². The van der Waals surface area contributed by atoms with E-state index in [1.807, 2.05) is 18.2 Å². The summed E-state index contributed by atoms with van der Waals surface area (Å²) in [5.41, 5.74) is 5.50. The molecule has 1 N–H and O–H groups in total. The van der Waals surface area contributed by atoms with Gasteiger partial charge < -0.3 is 9.67 Å². The smallest absolute Gasteiger partial charge is 0.215 e. The third kappa shape index (κ3) is 2.50. The maximum absolute atomic E-state index is 9.43. The van der Waals surface area contributed by atoms with Crippen LogP contribution in [0.4, 0.5) is 0 Å². The van der Waals surface area contributed by atoms with Gasteiger partial charge in [0.15, 0.2) is 0 Å². The minimum absolute atomic E-state index is 0. The van der Waals surface area contributed by atoms with Gasteiger partial charge in [-0.05, 0) is 24.6 Å². The molecule has 0 amide bonds. The average Bonchev–Trinajstić information content (AvgIpc) is 3.06. The van der Waals surface area contributed by atoms with Crippen LogP contribution in [-0.4, -0.2) is 25.7 Å². The summed E-state index contributed by atoms with van der Waals surface area (Å²) in [5.74, 6) is 0.867. The maximum atomic E-state index is 9.43. The van der Waals surface area contributed by atoms with E-state index in [-0.39, 0.29) is 19.0 Å². The summed E-state index contributed by atoms with van der Waals surface area (Å²) in [6.45, 7) is 2.70. The molecule has 5 heteroatoms. The van der Waals surface area contributed by atoms with E-state index in [0.29, 0.717) is 6.54 Å². The molecule has 2 aromatic heterocycles. The molecule has 0 atom stereocenters. The van der Waals surface area contributed by atoms with E-state index < -0.39 is 0 Å². The monoisotopic (exact) mass is 327 g/mol. The van der Waals surface area contributed by atoms with Gasteiger partial charge in [0.1, 0.15) is 0 Å². The maximum Gasteiger partial charge on any atom is 0.215 e. The van der Waals surface area contributed by atoms with Crippen molar-refractivity contribution in [3.8, 4) is 11.3 Å². The number of aryl methyl sites for hydroxylation is 1. The Balaban J connectivity index is 0.00000156. The molecule has 4 nitrogen and oxygen atoms in total. The third-order valence-corrected chi connectivity index (χ3v) is 4.03. The van der Waals surface area contributed by atoms with Crippen molar-refractivity contribution in [2.45, 2.75) is 13.5 Å². The van der Waals surface area contributed by atoms with E-state index >= 15 is 0 Å². The van der Waals surface area contributed by atoms with Crippen LogP contribution in [0.2, 0.25) is 0 Å². The zero-order chi connectivity index (χ0) is 15.1. The molecule has 0 saturated heterocycles. The molecule has 0 aliphatic heterocycles. The summed E-state index contributed by atoms with van der Waals surface area (Å²) >= 11 is 0. The highest BCUT2D eigenvalue weighted by Crippen LogP contribution is 2.26. The molecule has 4 aromatic rings. The molecule has 118 valence electrons. The first kappa shape index (κ1) is 15.6. The lowest BCUT2D eigenvalue weighted by molar-refractivity contribution is 0.278. The largest absolute Gasteiger partial charge is 0.395 e. The van der Waals surface area contributed by atoms with Crippen LogP contribution in [0.25, 0.3) is 28.1 Å². The van der Waals surface area contributed by atoms with Gasteiger partial charge in [0.05, 0.1) is 23.3 Å². The molecular weight excluding hydrogens is 310 g/mol. The van der Waals surface area contributed by atoms with E-state index in [2.05, 4.69) is 52.4 Å². The number of benzene rings is 2. The molecule has 0 bridgehead atoms. The van der Waals surface area contributed by atoms with Gasteiger partial charge in [0.25, 0.3) is 0 Å². The highest BCUT2D eigenvalue weighted by atomic mass is 35.5. The Kier molecular flexibility index (Phi) is 4.11. The Hall–Kier alpha value is -2.30. The fourth-order valence-electron chi connectivity index (χ4n) is 2.92. The minimum Gasteiger partial charge on any atom is -0.395 e. The lowest BCUT2D eigenvalue weighted by atomic mass is 10.1. The Labute approximate surface area is 140 Å². The van der Waals surface area contributed by atoms with Gasteiger partial charge in [-0.15, -0.1) is 12.4 Å². The quantitative estimate of drug-likeness (QED) is 0.623. The Morgan fingerprint density at radius 2 is 1.78 bits per heavy atom. The molecule has 0 aliphatic rings. The minimum atomic E-state index is 0. The molecular formula is C18H18ClN3O. The number of aliphatic hydroxyl groups excluding tert-OH is 1. The van der Waals surface area contributed by atoms with Crippen LogP contribution in [-0.2, 0) is 6.54 Å². The third-order valence-electron chi connectivity index (χ3n) is 4.03. The number of imidazole rings is 2. The molecule has 4 rings (SSSR count). The number of hydrogen-bond acceptors (Lipinski definition) is 2. The Morgan fingerprint density at radius 1 is 1.04 bits per heavy atom. The SMILES string of the molecule is Cc1ccc(-c2cn3c4ccccc4nc3n2CCO)cc1.Cl. The topological polar surface area (TPSA) is 42.5 Å². The van der Waals surface area contributed by atoms with Gasteiger partial charge in [-0.2, -0.15) is 0 Å². The van der Waals surface area contributed by atoms with Gasteiger partial charge >= 0.3 is 0 Å². The molecule has 23 heavy (non-hydrogen) atoms. The van der Waals surface area contributed by atoms with Gasteiger partial charge in [0.2, 0.25) is 5.78 Å². The first-order valence-corrected chi connectivity index (χ1v) is 7.42. The number of fused-ring (bicyclic) bond motifs is 3. The average molecular weight is 328 g/mol. The summed E-state index contributed by atoms with van der Waals surface area (Å²) in [6.07, 6.45) is 2.10. The lowest BCUT2D eigenvalue weighted by Gasteiger charge is -2.07.